The summed E-state index contributed by atoms with van der Waals surface area (Å²) in [5.74, 6) is -1.49. The fourth-order valence-electron chi connectivity index (χ4n) is 2.84. The van der Waals surface area contributed by atoms with Crippen molar-refractivity contribution in [2.75, 3.05) is 19.7 Å². The number of amides is 3. The van der Waals surface area contributed by atoms with Crippen LogP contribution in [0.3, 0.4) is 0 Å². The van der Waals surface area contributed by atoms with Gasteiger partial charge >= 0.3 is 0 Å². The van der Waals surface area contributed by atoms with E-state index in [1.54, 1.807) is 6.07 Å². The van der Waals surface area contributed by atoms with Crippen LogP contribution in [0.2, 0.25) is 0 Å². The monoisotopic (exact) mass is 414 g/mol. The average molecular weight is 414 g/mol. The summed E-state index contributed by atoms with van der Waals surface area (Å²) in [7, 11) is 0. The van der Waals surface area contributed by atoms with Gasteiger partial charge in [0.15, 0.2) is 0 Å². The van der Waals surface area contributed by atoms with Crippen LogP contribution in [0.1, 0.15) is 11.1 Å². The standard InChI is InChI=1S/C21H19FN2O4S/c22-17-8-4-7-16(11-17)12-18-20(27)24(21(28)29-18)14-19(26)23(9-10-25)13-15-5-2-1-3-6-15/h1-8,11-12,25H,9-10,13-14H2/b18-12-. The van der Waals surface area contributed by atoms with Crippen LogP contribution in [0.5, 0.6) is 0 Å². The number of aliphatic hydroxyl groups excluding tert-OH is 1. The predicted molar refractivity (Wildman–Crippen MR) is 108 cm³/mol. The van der Waals surface area contributed by atoms with E-state index in [4.69, 9.17) is 0 Å². The van der Waals surface area contributed by atoms with Crippen molar-refractivity contribution in [3.05, 3.63) is 76.4 Å². The van der Waals surface area contributed by atoms with Gasteiger partial charge in [-0.15, -0.1) is 0 Å². The lowest BCUT2D eigenvalue weighted by atomic mass is 10.2. The average Bonchev–Trinajstić information content (AvgIpc) is 2.96. The molecule has 0 spiro atoms. The van der Waals surface area contributed by atoms with E-state index in [0.29, 0.717) is 17.3 Å². The number of rotatable bonds is 7. The molecule has 29 heavy (non-hydrogen) atoms. The van der Waals surface area contributed by atoms with Gasteiger partial charge in [0.25, 0.3) is 11.1 Å². The maximum atomic E-state index is 13.3. The second kappa shape index (κ2) is 9.49. The Morgan fingerprint density at radius 1 is 1.14 bits per heavy atom. The van der Waals surface area contributed by atoms with Crippen molar-refractivity contribution < 1.29 is 23.9 Å². The normalized spacial score (nSPS) is 15.2. The molecule has 0 aliphatic carbocycles. The van der Waals surface area contributed by atoms with Crippen molar-refractivity contribution in [2.45, 2.75) is 6.54 Å². The minimum Gasteiger partial charge on any atom is -0.395 e. The van der Waals surface area contributed by atoms with E-state index >= 15 is 0 Å². The van der Waals surface area contributed by atoms with Crippen molar-refractivity contribution in [2.24, 2.45) is 0 Å². The topological polar surface area (TPSA) is 77.9 Å². The van der Waals surface area contributed by atoms with E-state index in [1.165, 1.54) is 29.2 Å². The zero-order valence-electron chi connectivity index (χ0n) is 15.5. The molecule has 0 radical (unpaired) electrons. The van der Waals surface area contributed by atoms with Gasteiger partial charge in [-0.25, -0.2) is 4.39 Å². The summed E-state index contributed by atoms with van der Waals surface area (Å²) in [6.07, 6.45) is 1.42. The molecule has 0 atom stereocenters. The van der Waals surface area contributed by atoms with Gasteiger partial charge in [-0.3, -0.25) is 19.3 Å². The lowest BCUT2D eigenvalue weighted by Crippen LogP contribution is -2.42. The second-order valence-electron chi connectivity index (χ2n) is 6.35. The molecular formula is C21H19FN2O4S. The van der Waals surface area contributed by atoms with Crippen molar-refractivity contribution in [1.82, 2.24) is 9.80 Å². The van der Waals surface area contributed by atoms with Crippen LogP contribution in [-0.2, 0) is 16.1 Å². The molecule has 1 fully saturated rings. The number of aliphatic hydroxyl groups is 1. The fraction of sp³-hybridized carbons (Fsp3) is 0.190. The lowest BCUT2D eigenvalue weighted by molar-refractivity contribution is -0.136. The molecule has 3 amide bonds. The Kier molecular flexibility index (Phi) is 6.79. The lowest BCUT2D eigenvalue weighted by Gasteiger charge is -2.24. The molecule has 1 saturated heterocycles. The summed E-state index contributed by atoms with van der Waals surface area (Å²) in [5.41, 5.74) is 1.32. The Morgan fingerprint density at radius 2 is 1.90 bits per heavy atom. The van der Waals surface area contributed by atoms with Gasteiger partial charge in [-0.2, -0.15) is 0 Å². The number of hydrogen-bond acceptors (Lipinski definition) is 5. The fourth-order valence-corrected chi connectivity index (χ4v) is 3.67. The first-order valence-electron chi connectivity index (χ1n) is 8.91. The number of carbonyl (C=O) groups is 3. The Labute approximate surface area is 171 Å². The summed E-state index contributed by atoms with van der Waals surface area (Å²) in [4.78, 5) is 39.9. The summed E-state index contributed by atoms with van der Waals surface area (Å²) < 4.78 is 13.3. The van der Waals surface area contributed by atoms with Crippen LogP contribution in [0.15, 0.2) is 59.5 Å². The molecule has 1 aliphatic heterocycles. The van der Waals surface area contributed by atoms with Crippen LogP contribution < -0.4 is 0 Å². The molecule has 0 bridgehead atoms. The number of carbonyl (C=O) groups excluding carboxylic acids is 3. The molecule has 0 aromatic heterocycles. The van der Waals surface area contributed by atoms with Crippen molar-refractivity contribution in [1.29, 1.82) is 0 Å². The first kappa shape index (κ1) is 20.8. The van der Waals surface area contributed by atoms with Crippen molar-refractivity contribution in [3.8, 4) is 0 Å². The maximum Gasteiger partial charge on any atom is 0.294 e. The highest BCUT2D eigenvalue weighted by atomic mass is 32.2. The van der Waals surface area contributed by atoms with Crippen LogP contribution >= 0.6 is 11.8 Å². The minimum atomic E-state index is -0.596. The number of imide groups is 1. The number of halogens is 1. The molecule has 1 N–H and O–H groups in total. The van der Waals surface area contributed by atoms with Crippen LogP contribution in [0.25, 0.3) is 6.08 Å². The van der Waals surface area contributed by atoms with Crippen molar-refractivity contribution >= 4 is 34.9 Å². The Bertz CT molecular complexity index is 949. The highest BCUT2D eigenvalue weighted by molar-refractivity contribution is 8.18. The van der Waals surface area contributed by atoms with Gasteiger partial charge in [-0.1, -0.05) is 42.5 Å². The van der Waals surface area contributed by atoms with E-state index in [1.807, 2.05) is 30.3 Å². The second-order valence-corrected chi connectivity index (χ2v) is 7.34. The third kappa shape index (κ3) is 5.30. The highest BCUT2D eigenvalue weighted by Crippen LogP contribution is 2.32. The molecule has 0 unspecified atom stereocenters. The SMILES string of the molecule is O=C(CN1C(=O)S/C(=C\c2cccc(F)c2)C1=O)N(CCO)Cc1ccccc1. The molecule has 1 aliphatic rings. The number of benzene rings is 2. The number of hydrogen-bond donors (Lipinski definition) is 1. The third-order valence-electron chi connectivity index (χ3n) is 4.25. The van der Waals surface area contributed by atoms with E-state index < -0.39 is 29.4 Å². The van der Waals surface area contributed by atoms with E-state index in [9.17, 15) is 23.9 Å². The zero-order chi connectivity index (χ0) is 20.8. The molecule has 3 rings (SSSR count). The van der Waals surface area contributed by atoms with Gasteiger partial charge in [-0.05, 0) is 41.1 Å². The van der Waals surface area contributed by atoms with Crippen molar-refractivity contribution in [3.63, 3.8) is 0 Å². The molecular weight excluding hydrogens is 395 g/mol. The number of thioether (sulfide) groups is 1. The van der Waals surface area contributed by atoms with E-state index in [2.05, 4.69) is 0 Å². The zero-order valence-corrected chi connectivity index (χ0v) is 16.3. The molecule has 2 aromatic carbocycles. The van der Waals surface area contributed by atoms with E-state index in [0.717, 1.165) is 10.5 Å². The van der Waals surface area contributed by atoms with Gasteiger partial charge < -0.3 is 10.0 Å². The minimum absolute atomic E-state index is 0.0864. The summed E-state index contributed by atoms with van der Waals surface area (Å²) in [6.45, 7) is -0.309. The van der Waals surface area contributed by atoms with Crippen LogP contribution in [-0.4, -0.2) is 51.7 Å². The summed E-state index contributed by atoms with van der Waals surface area (Å²) in [6, 6.07) is 14.9. The van der Waals surface area contributed by atoms with Gasteiger partial charge in [0, 0.05) is 13.1 Å². The predicted octanol–water partition coefficient (Wildman–Crippen LogP) is 2.88. The molecule has 0 saturated carbocycles. The molecule has 6 nitrogen and oxygen atoms in total. The van der Waals surface area contributed by atoms with Gasteiger partial charge in [0.2, 0.25) is 5.91 Å². The summed E-state index contributed by atoms with van der Waals surface area (Å²) in [5, 5.41) is 8.71. The molecule has 150 valence electrons. The van der Waals surface area contributed by atoms with Crippen LogP contribution in [0, 0.1) is 5.82 Å². The first-order valence-corrected chi connectivity index (χ1v) is 9.73. The molecule has 1 heterocycles. The summed E-state index contributed by atoms with van der Waals surface area (Å²) >= 11 is 0.709. The largest absolute Gasteiger partial charge is 0.395 e. The maximum absolute atomic E-state index is 13.3. The number of nitrogens with zero attached hydrogens (tertiary/aromatic N) is 2. The van der Waals surface area contributed by atoms with Crippen LogP contribution in [0.4, 0.5) is 9.18 Å². The Hall–Kier alpha value is -2.97. The third-order valence-corrected chi connectivity index (χ3v) is 5.16. The highest BCUT2D eigenvalue weighted by Gasteiger charge is 2.37. The Balaban J connectivity index is 1.71. The first-order chi connectivity index (χ1) is 14.0. The molecule has 8 heteroatoms. The van der Waals surface area contributed by atoms with Gasteiger partial charge in [0.1, 0.15) is 12.4 Å². The quantitative estimate of drug-likeness (QED) is 0.705. The smallest absolute Gasteiger partial charge is 0.294 e. The Morgan fingerprint density at radius 3 is 2.59 bits per heavy atom. The molecule has 2 aromatic rings. The van der Waals surface area contributed by atoms with Gasteiger partial charge in [0.05, 0.1) is 11.5 Å². The van der Waals surface area contributed by atoms with E-state index in [-0.39, 0.29) is 24.6 Å².